The molecule has 1 amide bonds. The molecule has 5 nitrogen and oxygen atoms in total. The van der Waals surface area contributed by atoms with Crippen LogP contribution in [0.1, 0.15) is 35.3 Å². The van der Waals surface area contributed by atoms with E-state index in [1.54, 1.807) is 15.8 Å². The number of halogens is 3. The monoisotopic (exact) mass is 370 g/mol. The van der Waals surface area contributed by atoms with E-state index < -0.39 is 11.7 Å². The minimum Gasteiger partial charge on any atom is -0.368 e. The zero-order valence-electron chi connectivity index (χ0n) is 13.3. The van der Waals surface area contributed by atoms with Crippen molar-refractivity contribution in [3.63, 3.8) is 0 Å². The van der Waals surface area contributed by atoms with E-state index in [0.717, 1.165) is 31.5 Å². The Bertz CT molecular complexity index is 703. The number of amides is 1. The number of anilines is 1. The molecule has 1 N–H and O–H groups in total. The highest BCUT2D eigenvalue weighted by Crippen LogP contribution is 2.29. The van der Waals surface area contributed by atoms with Crippen LogP contribution < -0.4 is 5.32 Å². The number of likely N-dealkylation sites (tertiary alicyclic amines) is 1. The molecule has 1 aliphatic heterocycles. The van der Waals surface area contributed by atoms with Gasteiger partial charge in [-0.05, 0) is 31.4 Å². The van der Waals surface area contributed by atoms with E-state index in [1.807, 2.05) is 0 Å². The number of pyridine rings is 1. The average molecular weight is 370 g/mol. The van der Waals surface area contributed by atoms with Crippen LogP contribution in [-0.4, -0.2) is 39.9 Å². The van der Waals surface area contributed by atoms with Crippen LogP contribution in [0, 0.1) is 0 Å². The molecule has 0 aliphatic carbocycles. The van der Waals surface area contributed by atoms with Crippen LogP contribution in [0.3, 0.4) is 0 Å². The van der Waals surface area contributed by atoms with Crippen molar-refractivity contribution in [2.24, 2.45) is 0 Å². The first kappa shape index (κ1) is 17.7. The van der Waals surface area contributed by atoms with Crippen molar-refractivity contribution in [2.45, 2.75) is 31.5 Å². The molecular weight excluding hydrogens is 353 g/mol. The summed E-state index contributed by atoms with van der Waals surface area (Å²) in [7, 11) is 0. The second-order valence-electron chi connectivity index (χ2n) is 5.83. The molecule has 2 aromatic heterocycles. The van der Waals surface area contributed by atoms with Gasteiger partial charge in [-0.3, -0.25) is 4.79 Å². The Kier molecular flexibility index (Phi) is 5.22. The van der Waals surface area contributed by atoms with Gasteiger partial charge in [0.1, 0.15) is 11.5 Å². The third-order valence-corrected chi connectivity index (χ3v) is 4.74. The van der Waals surface area contributed by atoms with E-state index in [0.29, 0.717) is 24.6 Å². The summed E-state index contributed by atoms with van der Waals surface area (Å²) in [6.07, 6.45) is -0.810. The minimum absolute atomic E-state index is 0.0351. The normalized spacial score (nSPS) is 18.2. The summed E-state index contributed by atoms with van der Waals surface area (Å²) < 4.78 is 37.7. The first-order valence-electron chi connectivity index (χ1n) is 7.91. The van der Waals surface area contributed by atoms with Gasteiger partial charge in [0, 0.05) is 30.7 Å². The van der Waals surface area contributed by atoms with Crippen LogP contribution in [0.4, 0.5) is 19.0 Å². The predicted octanol–water partition coefficient (Wildman–Crippen LogP) is 3.66. The summed E-state index contributed by atoms with van der Waals surface area (Å²) in [5.41, 5.74) is 1.27. The highest BCUT2D eigenvalue weighted by Gasteiger charge is 2.31. The van der Waals surface area contributed by atoms with Crippen molar-refractivity contribution >= 4 is 23.1 Å². The summed E-state index contributed by atoms with van der Waals surface area (Å²) in [6, 6.07) is 2.26. The Labute approximate surface area is 146 Å². The molecule has 2 aromatic rings. The highest BCUT2D eigenvalue weighted by atomic mass is 32.1. The number of carbonyl (C=O) groups excluding carboxylic acids is 1. The lowest BCUT2D eigenvalue weighted by molar-refractivity contribution is -0.137. The number of piperidine rings is 1. The maximum Gasteiger partial charge on any atom is 0.417 e. The fraction of sp³-hybridized carbons (Fsp3) is 0.438. The van der Waals surface area contributed by atoms with Crippen molar-refractivity contribution < 1.29 is 18.0 Å². The smallest absolute Gasteiger partial charge is 0.368 e. The fourth-order valence-electron chi connectivity index (χ4n) is 2.83. The van der Waals surface area contributed by atoms with Crippen molar-refractivity contribution in [1.82, 2.24) is 14.9 Å². The predicted molar refractivity (Wildman–Crippen MR) is 88.5 cm³/mol. The lowest BCUT2D eigenvalue weighted by Gasteiger charge is -2.35. The number of rotatable bonds is 4. The number of hydrogen-bond donors (Lipinski definition) is 1. The standard InChI is InChI=1S/C16H17F3N4OS/c17-16(18,19)11-4-5-14(20-7-11)21-8-12-3-1-2-6-23(12)15(24)13-9-25-10-22-13/h4-5,7,9-10,12H,1-3,6,8H2,(H,20,21). The molecule has 0 bridgehead atoms. The number of hydrogen-bond acceptors (Lipinski definition) is 5. The molecule has 0 aromatic carbocycles. The van der Waals surface area contributed by atoms with Gasteiger partial charge in [0.15, 0.2) is 0 Å². The van der Waals surface area contributed by atoms with E-state index >= 15 is 0 Å². The third kappa shape index (κ3) is 4.28. The minimum atomic E-state index is -4.40. The molecule has 0 spiro atoms. The molecule has 9 heteroatoms. The number of alkyl halides is 3. The van der Waals surface area contributed by atoms with Gasteiger partial charge in [-0.25, -0.2) is 9.97 Å². The van der Waals surface area contributed by atoms with E-state index in [2.05, 4.69) is 15.3 Å². The van der Waals surface area contributed by atoms with Gasteiger partial charge in [0.25, 0.3) is 5.91 Å². The van der Waals surface area contributed by atoms with Crippen LogP contribution in [-0.2, 0) is 6.18 Å². The van der Waals surface area contributed by atoms with E-state index in [4.69, 9.17) is 0 Å². The van der Waals surface area contributed by atoms with Crippen molar-refractivity contribution in [3.8, 4) is 0 Å². The number of thiazole rings is 1. The Hall–Kier alpha value is -2.16. The Morgan fingerprint density at radius 3 is 2.80 bits per heavy atom. The van der Waals surface area contributed by atoms with Gasteiger partial charge >= 0.3 is 6.18 Å². The van der Waals surface area contributed by atoms with Gasteiger partial charge in [-0.2, -0.15) is 13.2 Å². The Morgan fingerprint density at radius 1 is 1.32 bits per heavy atom. The number of nitrogens with zero attached hydrogens (tertiary/aromatic N) is 3. The number of carbonyl (C=O) groups is 1. The van der Waals surface area contributed by atoms with E-state index in [9.17, 15) is 18.0 Å². The second kappa shape index (κ2) is 7.38. The van der Waals surface area contributed by atoms with Gasteiger partial charge < -0.3 is 10.2 Å². The largest absolute Gasteiger partial charge is 0.417 e. The molecule has 3 heterocycles. The molecule has 3 rings (SSSR count). The summed E-state index contributed by atoms with van der Waals surface area (Å²) in [4.78, 5) is 22.2. The lowest BCUT2D eigenvalue weighted by atomic mass is 10.0. The first-order valence-corrected chi connectivity index (χ1v) is 8.86. The molecular formula is C16H17F3N4OS. The second-order valence-corrected chi connectivity index (χ2v) is 6.55. The van der Waals surface area contributed by atoms with Crippen LogP contribution in [0.15, 0.2) is 29.2 Å². The molecule has 0 saturated carbocycles. The van der Waals surface area contributed by atoms with Gasteiger partial charge in [-0.15, -0.1) is 11.3 Å². The SMILES string of the molecule is O=C(c1cscn1)N1CCCCC1CNc1ccc(C(F)(F)F)cn1. The summed E-state index contributed by atoms with van der Waals surface area (Å²) in [6.45, 7) is 1.09. The molecule has 1 atom stereocenters. The summed E-state index contributed by atoms with van der Waals surface area (Å²) >= 11 is 1.37. The molecule has 25 heavy (non-hydrogen) atoms. The maximum absolute atomic E-state index is 12.6. The van der Waals surface area contributed by atoms with Gasteiger partial charge in [0.2, 0.25) is 0 Å². The molecule has 1 saturated heterocycles. The quantitative estimate of drug-likeness (QED) is 0.892. The summed E-state index contributed by atoms with van der Waals surface area (Å²) in [5, 5.41) is 4.75. The van der Waals surface area contributed by atoms with Crippen LogP contribution >= 0.6 is 11.3 Å². The topological polar surface area (TPSA) is 58.1 Å². The van der Waals surface area contributed by atoms with Crippen molar-refractivity contribution in [2.75, 3.05) is 18.4 Å². The molecule has 1 aliphatic rings. The molecule has 134 valence electrons. The third-order valence-electron chi connectivity index (χ3n) is 4.15. The maximum atomic E-state index is 12.6. The van der Waals surface area contributed by atoms with Crippen molar-refractivity contribution in [1.29, 1.82) is 0 Å². The van der Waals surface area contributed by atoms with Gasteiger partial charge in [0.05, 0.1) is 11.1 Å². The Morgan fingerprint density at radius 2 is 2.16 bits per heavy atom. The van der Waals surface area contributed by atoms with Crippen LogP contribution in [0.2, 0.25) is 0 Å². The first-order chi connectivity index (χ1) is 11.9. The lowest BCUT2D eigenvalue weighted by Crippen LogP contribution is -2.47. The van der Waals surface area contributed by atoms with E-state index in [1.165, 1.54) is 17.4 Å². The van der Waals surface area contributed by atoms with E-state index in [-0.39, 0.29) is 11.9 Å². The summed E-state index contributed by atoms with van der Waals surface area (Å²) in [5.74, 6) is 0.257. The Balaban J connectivity index is 1.63. The zero-order valence-corrected chi connectivity index (χ0v) is 14.1. The molecule has 1 unspecified atom stereocenters. The zero-order chi connectivity index (χ0) is 17.9. The number of nitrogens with one attached hydrogen (secondary N) is 1. The van der Waals surface area contributed by atoms with Crippen LogP contribution in [0.5, 0.6) is 0 Å². The van der Waals surface area contributed by atoms with Crippen LogP contribution in [0.25, 0.3) is 0 Å². The molecule has 0 radical (unpaired) electrons. The highest BCUT2D eigenvalue weighted by molar-refractivity contribution is 7.07. The van der Waals surface area contributed by atoms with Crippen molar-refractivity contribution in [3.05, 3.63) is 40.5 Å². The average Bonchev–Trinajstić information content (AvgIpc) is 3.14. The number of aromatic nitrogens is 2. The van der Waals surface area contributed by atoms with Gasteiger partial charge in [-0.1, -0.05) is 0 Å². The molecule has 1 fully saturated rings. The fourth-order valence-corrected chi connectivity index (χ4v) is 3.36.